The Labute approximate surface area is 124 Å². The lowest BCUT2D eigenvalue weighted by Gasteiger charge is -2.23. The topological polar surface area (TPSA) is 40.0 Å². The smallest absolute Gasteiger partial charge is 0.0890 e. The van der Waals surface area contributed by atoms with Crippen LogP contribution in [0.15, 0.2) is 65.4 Å². The summed E-state index contributed by atoms with van der Waals surface area (Å²) in [5.74, 6) is 0. The first-order chi connectivity index (χ1) is 10.3. The van der Waals surface area contributed by atoms with E-state index in [1.54, 1.807) is 0 Å². The number of nitrogens with zero attached hydrogens (tertiary/aromatic N) is 3. The highest BCUT2D eigenvalue weighted by Crippen LogP contribution is 2.25. The van der Waals surface area contributed by atoms with Gasteiger partial charge in [-0.3, -0.25) is 5.43 Å². The number of rotatable bonds is 0. The van der Waals surface area contributed by atoms with E-state index < -0.39 is 0 Å². The van der Waals surface area contributed by atoms with E-state index in [1.165, 1.54) is 11.3 Å². The van der Waals surface area contributed by atoms with Gasteiger partial charge in [0.15, 0.2) is 0 Å². The maximum Gasteiger partial charge on any atom is 0.0890 e. The van der Waals surface area contributed by atoms with Crippen LogP contribution in [0, 0.1) is 0 Å². The first-order valence-electron chi connectivity index (χ1n) is 6.94. The van der Waals surface area contributed by atoms with E-state index in [0.29, 0.717) is 6.54 Å². The SMILES string of the molecule is C=C1NN=NCc2ccccc2N(C)Cc2ccccc21. The van der Waals surface area contributed by atoms with Crippen LogP contribution in [0.3, 0.4) is 0 Å². The van der Waals surface area contributed by atoms with Crippen LogP contribution >= 0.6 is 0 Å². The molecule has 21 heavy (non-hydrogen) atoms. The second-order valence-corrected chi connectivity index (χ2v) is 5.13. The van der Waals surface area contributed by atoms with Gasteiger partial charge in [-0.25, -0.2) is 0 Å². The lowest BCUT2D eigenvalue weighted by Crippen LogP contribution is -2.19. The van der Waals surface area contributed by atoms with Crippen LogP contribution in [0.5, 0.6) is 0 Å². The summed E-state index contributed by atoms with van der Waals surface area (Å²) >= 11 is 0. The van der Waals surface area contributed by atoms with Crippen molar-refractivity contribution in [1.29, 1.82) is 0 Å². The summed E-state index contributed by atoms with van der Waals surface area (Å²) in [5.41, 5.74) is 8.33. The van der Waals surface area contributed by atoms with Gasteiger partial charge in [0.25, 0.3) is 0 Å². The summed E-state index contributed by atoms with van der Waals surface area (Å²) in [6, 6.07) is 16.5. The Morgan fingerprint density at radius 3 is 2.62 bits per heavy atom. The van der Waals surface area contributed by atoms with Gasteiger partial charge in [-0.1, -0.05) is 54.3 Å². The van der Waals surface area contributed by atoms with Crippen molar-refractivity contribution in [2.45, 2.75) is 13.1 Å². The van der Waals surface area contributed by atoms with Crippen LogP contribution in [-0.4, -0.2) is 7.05 Å². The van der Waals surface area contributed by atoms with Crippen molar-refractivity contribution in [1.82, 2.24) is 5.43 Å². The molecule has 0 radical (unpaired) electrons. The Kier molecular flexibility index (Phi) is 3.69. The van der Waals surface area contributed by atoms with Crippen molar-refractivity contribution in [2.24, 2.45) is 10.3 Å². The average Bonchev–Trinajstić information content (AvgIpc) is 2.53. The Balaban J connectivity index is 2.06. The highest BCUT2D eigenvalue weighted by molar-refractivity contribution is 5.65. The molecule has 4 nitrogen and oxygen atoms in total. The van der Waals surface area contributed by atoms with Gasteiger partial charge in [0.1, 0.15) is 0 Å². The van der Waals surface area contributed by atoms with Crippen LogP contribution in [0.1, 0.15) is 16.7 Å². The second-order valence-electron chi connectivity index (χ2n) is 5.13. The number of benzene rings is 2. The monoisotopic (exact) mass is 278 g/mol. The molecule has 0 atom stereocenters. The van der Waals surface area contributed by atoms with Crippen LogP contribution < -0.4 is 10.3 Å². The summed E-state index contributed by atoms with van der Waals surface area (Å²) in [5, 5.41) is 8.23. The first kappa shape index (κ1) is 13.4. The normalized spacial score (nSPS) is 14.7. The number of anilines is 1. The third-order valence-corrected chi connectivity index (χ3v) is 3.65. The summed E-state index contributed by atoms with van der Waals surface area (Å²) in [7, 11) is 2.10. The first-order valence-corrected chi connectivity index (χ1v) is 6.94. The minimum Gasteiger partial charge on any atom is -0.370 e. The van der Waals surface area contributed by atoms with Gasteiger partial charge >= 0.3 is 0 Å². The molecule has 3 rings (SSSR count). The molecule has 0 aliphatic carbocycles. The molecule has 2 aromatic carbocycles. The number of nitrogens with one attached hydrogen (secondary N) is 1. The van der Waals surface area contributed by atoms with Gasteiger partial charge in [0, 0.05) is 24.8 Å². The van der Waals surface area contributed by atoms with Crippen molar-refractivity contribution in [3.8, 4) is 0 Å². The Bertz CT molecular complexity index is 691. The number of fused-ring (bicyclic) bond motifs is 2. The lowest BCUT2D eigenvalue weighted by molar-refractivity contribution is 0.808. The predicted molar refractivity (Wildman–Crippen MR) is 85.7 cm³/mol. The zero-order chi connectivity index (χ0) is 14.7. The van der Waals surface area contributed by atoms with Gasteiger partial charge in [0.05, 0.1) is 12.2 Å². The Hall–Kier alpha value is -2.62. The number of para-hydroxylation sites is 1. The predicted octanol–water partition coefficient (Wildman–Crippen LogP) is 3.76. The lowest BCUT2D eigenvalue weighted by atomic mass is 10.0. The third-order valence-electron chi connectivity index (χ3n) is 3.65. The molecule has 106 valence electrons. The van der Waals surface area contributed by atoms with E-state index in [4.69, 9.17) is 0 Å². The summed E-state index contributed by atoms with van der Waals surface area (Å²) in [6.45, 7) is 5.42. The Morgan fingerprint density at radius 1 is 1.05 bits per heavy atom. The molecule has 0 aromatic heterocycles. The van der Waals surface area contributed by atoms with E-state index in [9.17, 15) is 0 Å². The van der Waals surface area contributed by atoms with Gasteiger partial charge in [0.2, 0.25) is 0 Å². The van der Waals surface area contributed by atoms with Crippen molar-refractivity contribution in [3.63, 3.8) is 0 Å². The summed E-state index contributed by atoms with van der Waals surface area (Å²) in [4.78, 5) is 2.24. The van der Waals surface area contributed by atoms with E-state index in [1.807, 2.05) is 18.2 Å². The maximum atomic E-state index is 4.20. The molecule has 1 aliphatic rings. The highest BCUT2D eigenvalue weighted by atomic mass is 15.4. The quantitative estimate of drug-likeness (QED) is 0.797. The zero-order valence-corrected chi connectivity index (χ0v) is 12.1. The zero-order valence-electron chi connectivity index (χ0n) is 12.1. The second kappa shape index (κ2) is 5.79. The summed E-state index contributed by atoms with van der Waals surface area (Å²) < 4.78 is 0. The number of hydrogen-bond donors (Lipinski definition) is 1. The fourth-order valence-corrected chi connectivity index (χ4v) is 2.58. The van der Waals surface area contributed by atoms with Crippen LogP contribution in [0.25, 0.3) is 5.70 Å². The fraction of sp³-hybridized carbons (Fsp3) is 0.176. The molecule has 0 spiro atoms. The highest BCUT2D eigenvalue weighted by Gasteiger charge is 2.12. The maximum absolute atomic E-state index is 4.20. The van der Waals surface area contributed by atoms with E-state index >= 15 is 0 Å². The van der Waals surface area contributed by atoms with Crippen LogP contribution in [-0.2, 0) is 13.1 Å². The van der Waals surface area contributed by atoms with E-state index in [0.717, 1.165) is 23.4 Å². The third kappa shape index (κ3) is 2.79. The van der Waals surface area contributed by atoms with Gasteiger partial charge < -0.3 is 4.90 Å². The minimum absolute atomic E-state index is 0.553. The van der Waals surface area contributed by atoms with E-state index in [-0.39, 0.29) is 0 Å². The van der Waals surface area contributed by atoms with Crippen molar-refractivity contribution < 1.29 is 0 Å². The number of hydrogen-bond acceptors (Lipinski definition) is 4. The molecule has 0 saturated heterocycles. The molecule has 0 saturated carbocycles. The fourth-order valence-electron chi connectivity index (χ4n) is 2.58. The molecule has 0 bridgehead atoms. The molecule has 4 heteroatoms. The molecular formula is C17H18N4. The summed E-state index contributed by atoms with van der Waals surface area (Å²) in [6.07, 6.45) is 0. The molecule has 0 amide bonds. The van der Waals surface area contributed by atoms with Gasteiger partial charge in [-0.05, 0) is 17.2 Å². The molecule has 0 unspecified atom stereocenters. The molecular weight excluding hydrogens is 260 g/mol. The van der Waals surface area contributed by atoms with Gasteiger partial charge in [-0.15, -0.1) is 0 Å². The molecule has 0 fully saturated rings. The standard InChI is InChI=1S/C17H18N4/c1-13-16-9-5-3-8-15(16)12-21(2)17-10-6-4-7-14(17)11-18-20-19-13/h3-10H,1,11-12H2,2H3,(H,18,19). The Morgan fingerprint density at radius 2 is 1.76 bits per heavy atom. The van der Waals surface area contributed by atoms with E-state index in [2.05, 4.69) is 64.6 Å². The molecule has 1 aliphatic heterocycles. The average molecular weight is 278 g/mol. The van der Waals surface area contributed by atoms with Crippen LogP contribution in [0.4, 0.5) is 5.69 Å². The van der Waals surface area contributed by atoms with Crippen molar-refractivity contribution in [3.05, 3.63) is 71.8 Å². The van der Waals surface area contributed by atoms with Crippen molar-refractivity contribution in [2.75, 3.05) is 11.9 Å². The minimum atomic E-state index is 0.553. The van der Waals surface area contributed by atoms with Gasteiger partial charge in [-0.2, -0.15) is 5.11 Å². The molecule has 1 heterocycles. The van der Waals surface area contributed by atoms with Crippen molar-refractivity contribution >= 4 is 11.4 Å². The molecule has 1 N–H and O–H groups in total. The van der Waals surface area contributed by atoms with Crippen LogP contribution in [0.2, 0.25) is 0 Å². The molecule has 2 aromatic rings. The largest absolute Gasteiger partial charge is 0.370 e.